The molecule has 2 fully saturated rings. The van der Waals surface area contributed by atoms with Gasteiger partial charge in [-0.3, -0.25) is 0 Å². The molecule has 92 valence electrons. The van der Waals surface area contributed by atoms with Gasteiger partial charge in [0.2, 0.25) is 0 Å². The number of nitrogens with zero attached hydrogens (tertiary/aromatic N) is 1. The molecule has 1 saturated heterocycles. The van der Waals surface area contributed by atoms with Gasteiger partial charge in [-0.1, -0.05) is 12.1 Å². The highest BCUT2D eigenvalue weighted by Crippen LogP contribution is 2.36. The van der Waals surface area contributed by atoms with Crippen LogP contribution >= 0.6 is 0 Å². The summed E-state index contributed by atoms with van der Waals surface area (Å²) in [7, 11) is 0. The molecule has 2 heteroatoms. The summed E-state index contributed by atoms with van der Waals surface area (Å²) in [5.41, 5.74) is 9.13. The van der Waals surface area contributed by atoms with Crippen LogP contribution in [0.4, 0.5) is 5.69 Å². The monoisotopic (exact) mass is 230 g/mol. The Kier molecular flexibility index (Phi) is 2.83. The van der Waals surface area contributed by atoms with Gasteiger partial charge in [-0.05, 0) is 56.2 Å². The highest BCUT2D eigenvalue weighted by Gasteiger charge is 2.37. The number of rotatable bonds is 4. The van der Waals surface area contributed by atoms with Crippen LogP contribution in [0.2, 0.25) is 0 Å². The lowest BCUT2D eigenvalue weighted by molar-refractivity contribution is 0.609. The van der Waals surface area contributed by atoms with Gasteiger partial charge in [-0.25, -0.2) is 0 Å². The highest BCUT2D eigenvalue weighted by atomic mass is 15.1. The zero-order valence-corrected chi connectivity index (χ0v) is 10.5. The van der Waals surface area contributed by atoms with E-state index >= 15 is 0 Å². The molecular formula is C15H22N2. The summed E-state index contributed by atoms with van der Waals surface area (Å²) in [4.78, 5) is 2.48. The topological polar surface area (TPSA) is 29.3 Å². The van der Waals surface area contributed by atoms with Crippen molar-refractivity contribution in [2.45, 2.75) is 44.1 Å². The number of aryl methyl sites for hydroxylation is 1. The second-order valence-corrected chi connectivity index (χ2v) is 5.72. The van der Waals surface area contributed by atoms with Crippen LogP contribution in [0.1, 0.15) is 37.7 Å². The number of anilines is 1. The molecule has 0 atom stereocenters. The van der Waals surface area contributed by atoms with Crippen molar-refractivity contribution in [1.82, 2.24) is 0 Å². The maximum atomic E-state index is 6.12. The van der Waals surface area contributed by atoms with Crippen LogP contribution in [-0.4, -0.2) is 18.6 Å². The molecule has 1 saturated carbocycles. The molecule has 1 heterocycles. The second-order valence-electron chi connectivity index (χ2n) is 5.72. The Labute approximate surface area is 104 Å². The first-order valence-corrected chi connectivity index (χ1v) is 6.88. The van der Waals surface area contributed by atoms with Crippen molar-refractivity contribution in [2.24, 2.45) is 5.73 Å². The van der Waals surface area contributed by atoms with Gasteiger partial charge in [0, 0.05) is 24.3 Å². The van der Waals surface area contributed by atoms with Crippen LogP contribution in [-0.2, 0) is 6.42 Å². The SMILES string of the molecule is NC1(CCc2ccc(N3CCCC3)cc2)CC1. The van der Waals surface area contributed by atoms with E-state index in [0.717, 1.165) is 12.8 Å². The van der Waals surface area contributed by atoms with Gasteiger partial charge in [0.15, 0.2) is 0 Å². The quantitative estimate of drug-likeness (QED) is 0.861. The molecule has 0 aromatic heterocycles. The smallest absolute Gasteiger partial charge is 0.0366 e. The first-order valence-electron chi connectivity index (χ1n) is 6.88. The largest absolute Gasteiger partial charge is 0.372 e. The third-order valence-corrected chi connectivity index (χ3v) is 4.21. The first-order chi connectivity index (χ1) is 8.25. The van der Waals surface area contributed by atoms with Crippen LogP contribution < -0.4 is 10.6 Å². The zero-order chi connectivity index (χ0) is 11.7. The lowest BCUT2D eigenvalue weighted by Gasteiger charge is -2.18. The first kappa shape index (κ1) is 11.1. The fraction of sp³-hybridized carbons (Fsp3) is 0.600. The van der Waals surface area contributed by atoms with Crippen LogP contribution in [0.3, 0.4) is 0 Å². The zero-order valence-electron chi connectivity index (χ0n) is 10.5. The fourth-order valence-corrected chi connectivity index (χ4v) is 2.65. The molecule has 1 aliphatic carbocycles. The number of hydrogen-bond donors (Lipinski definition) is 1. The van der Waals surface area contributed by atoms with Crippen LogP contribution in [0, 0.1) is 0 Å². The molecule has 0 radical (unpaired) electrons. The standard InChI is InChI=1S/C15H22N2/c16-15(9-10-15)8-7-13-3-5-14(6-4-13)17-11-1-2-12-17/h3-6H,1-2,7-12,16H2. The summed E-state index contributed by atoms with van der Waals surface area (Å²) in [6.45, 7) is 2.45. The van der Waals surface area contributed by atoms with Gasteiger partial charge in [0.05, 0.1) is 0 Å². The molecule has 0 amide bonds. The summed E-state index contributed by atoms with van der Waals surface area (Å²) < 4.78 is 0. The van der Waals surface area contributed by atoms with Crippen LogP contribution in [0.5, 0.6) is 0 Å². The summed E-state index contributed by atoms with van der Waals surface area (Å²) in [6.07, 6.45) is 7.42. The number of hydrogen-bond acceptors (Lipinski definition) is 2. The Morgan fingerprint density at radius 2 is 1.71 bits per heavy atom. The minimum absolute atomic E-state index is 0.188. The molecule has 1 aromatic rings. The fourth-order valence-electron chi connectivity index (χ4n) is 2.65. The van der Waals surface area contributed by atoms with Crippen molar-refractivity contribution < 1.29 is 0 Å². The van der Waals surface area contributed by atoms with E-state index < -0.39 is 0 Å². The maximum Gasteiger partial charge on any atom is 0.0366 e. The molecule has 0 unspecified atom stereocenters. The van der Waals surface area contributed by atoms with E-state index in [1.807, 2.05) is 0 Å². The summed E-state index contributed by atoms with van der Waals surface area (Å²) in [6, 6.07) is 9.10. The van der Waals surface area contributed by atoms with Crippen molar-refractivity contribution >= 4 is 5.69 Å². The highest BCUT2D eigenvalue weighted by molar-refractivity contribution is 5.48. The molecule has 0 bridgehead atoms. The van der Waals surface area contributed by atoms with Gasteiger partial charge >= 0.3 is 0 Å². The molecular weight excluding hydrogens is 208 g/mol. The van der Waals surface area contributed by atoms with Crippen molar-refractivity contribution in [2.75, 3.05) is 18.0 Å². The Morgan fingerprint density at radius 1 is 1.06 bits per heavy atom. The third kappa shape index (κ3) is 2.63. The molecule has 3 rings (SSSR count). The van der Waals surface area contributed by atoms with Gasteiger partial charge in [-0.2, -0.15) is 0 Å². The van der Waals surface area contributed by atoms with Crippen LogP contribution in [0.25, 0.3) is 0 Å². The predicted octanol–water partition coefficient (Wildman–Crippen LogP) is 2.71. The Hall–Kier alpha value is -1.02. The van der Waals surface area contributed by atoms with Gasteiger partial charge in [0.1, 0.15) is 0 Å². The molecule has 2 N–H and O–H groups in total. The Morgan fingerprint density at radius 3 is 2.29 bits per heavy atom. The third-order valence-electron chi connectivity index (χ3n) is 4.21. The molecule has 1 aliphatic heterocycles. The molecule has 0 spiro atoms. The summed E-state index contributed by atoms with van der Waals surface area (Å²) >= 11 is 0. The summed E-state index contributed by atoms with van der Waals surface area (Å²) in [5.74, 6) is 0. The van der Waals surface area contributed by atoms with Gasteiger partial charge in [-0.15, -0.1) is 0 Å². The average Bonchev–Trinajstić information content (AvgIpc) is 2.89. The number of nitrogens with two attached hydrogens (primary N) is 1. The van der Waals surface area contributed by atoms with Gasteiger partial charge in [0.25, 0.3) is 0 Å². The van der Waals surface area contributed by atoms with E-state index in [2.05, 4.69) is 29.2 Å². The summed E-state index contributed by atoms with van der Waals surface area (Å²) in [5, 5.41) is 0. The predicted molar refractivity (Wildman–Crippen MR) is 72.4 cm³/mol. The van der Waals surface area contributed by atoms with E-state index in [-0.39, 0.29) is 5.54 Å². The lowest BCUT2D eigenvalue weighted by atomic mass is 10.0. The Bertz CT molecular complexity index is 372. The molecule has 2 nitrogen and oxygen atoms in total. The van der Waals surface area contributed by atoms with Crippen molar-refractivity contribution in [1.29, 1.82) is 0 Å². The van der Waals surface area contributed by atoms with Crippen molar-refractivity contribution in [3.63, 3.8) is 0 Å². The normalized spacial score (nSPS) is 21.8. The van der Waals surface area contributed by atoms with E-state index in [1.165, 1.54) is 50.0 Å². The van der Waals surface area contributed by atoms with E-state index in [0.29, 0.717) is 0 Å². The van der Waals surface area contributed by atoms with E-state index in [1.54, 1.807) is 0 Å². The molecule has 1 aromatic carbocycles. The van der Waals surface area contributed by atoms with Crippen molar-refractivity contribution in [3.8, 4) is 0 Å². The van der Waals surface area contributed by atoms with Crippen molar-refractivity contribution in [3.05, 3.63) is 29.8 Å². The lowest BCUT2D eigenvalue weighted by Crippen LogP contribution is -2.22. The van der Waals surface area contributed by atoms with E-state index in [4.69, 9.17) is 5.73 Å². The number of benzene rings is 1. The Balaban J connectivity index is 1.59. The average molecular weight is 230 g/mol. The second kappa shape index (κ2) is 4.34. The molecule has 2 aliphatic rings. The van der Waals surface area contributed by atoms with E-state index in [9.17, 15) is 0 Å². The van der Waals surface area contributed by atoms with Crippen LogP contribution in [0.15, 0.2) is 24.3 Å². The molecule has 17 heavy (non-hydrogen) atoms. The minimum atomic E-state index is 0.188. The van der Waals surface area contributed by atoms with Gasteiger partial charge < -0.3 is 10.6 Å². The maximum absolute atomic E-state index is 6.12. The minimum Gasteiger partial charge on any atom is -0.372 e.